The first-order valence-electron chi connectivity index (χ1n) is 12.8. The van der Waals surface area contributed by atoms with Gasteiger partial charge in [0.25, 0.3) is 5.91 Å². The van der Waals surface area contributed by atoms with Gasteiger partial charge in [-0.3, -0.25) is 9.59 Å². The number of nitrogens with one attached hydrogen (secondary N) is 1. The highest BCUT2D eigenvalue weighted by Crippen LogP contribution is 2.35. The maximum Gasteiger partial charge on any atom is 0.325 e. The number of fused-ring (bicyclic) bond motifs is 1. The minimum Gasteiger partial charge on any atom is -0.468 e. The summed E-state index contributed by atoms with van der Waals surface area (Å²) in [7, 11) is 0.0410. The molecule has 1 fully saturated rings. The van der Waals surface area contributed by atoms with Crippen LogP contribution in [-0.2, 0) is 19.0 Å². The van der Waals surface area contributed by atoms with Gasteiger partial charge in [-0.05, 0) is 36.1 Å². The number of carbonyl (C=O) groups is 2. The summed E-state index contributed by atoms with van der Waals surface area (Å²) >= 11 is 6.45. The van der Waals surface area contributed by atoms with Crippen molar-refractivity contribution in [3.05, 3.63) is 52.3 Å². The summed E-state index contributed by atoms with van der Waals surface area (Å²) in [5.41, 5.74) is 8.42. The molecule has 2 heterocycles. The first-order valence-corrected chi connectivity index (χ1v) is 16.9. The fraction of sp³-hybridized carbons (Fsp3) is 0.519. The predicted molar refractivity (Wildman–Crippen MR) is 153 cm³/mol. The third-order valence-corrected chi connectivity index (χ3v) is 8.58. The number of esters is 1. The molecule has 3 N–H and O–H groups in total. The number of nitrogens with zero attached hydrogens (tertiary/aromatic N) is 2. The number of aliphatic imine (C=N–C) groups is 1. The van der Waals surface area contributed by atoms with E-state index < -0.39 is 20.1 Å². The van der Waals surface area contributed by atoms with Gasteiger partial charge in [-0.2, -0.15) is 0 Å². The molecule has 0 spiro atoms. The van der Waals surface area contributed by atoms with E-state index in [2.05, 4.69) is 36.5 Å². The van der Waals surface area contributed by atoms with Gasteiger partial charge in [-0.1, -0.05) is 50.0 Å². The third kappa shape index (κ3) is 8.17. The zero-order valence-corrected chi connectivity index (χ0v) is 24.5. The molecule has 1 atom stereocenters. The van der Waals surface area contributed by atoms with Crippen LogP contribution in [0, 0.1) is 0 Å². The molecule has 1 saturated heterocycles. The third-order valence-electron chi connectivity index (χ3n) is 6.57. The molecule has 2 aliphatic rings. The van der Waals surface area contributed by atoms with Crippen molar-refractivity contribution in [2.45, 2.75) is 50.6 Å². The second kappa shape index (κ2) is 13.4. The standard InChI is InChI=1S/C27H39ClN4O5Si/c1-18(31-20-8-10-36-11-9-20)30-15-23(28)26(29)19-6-7-21-22(14-19)27(34)32(16-25(33)35-2)24(21)17-37-12-13-38(3,4)5/h6-7,14-15,20,24,31H,1,8-13,16-17,29H2,2-5H3/b26-23+,30-15?. The van der Waals surface area contributed by atoms with E-state index in [9.17, 15) is 9.59 Å². The Morgan fingerprint density at radius 3 is 2.71 bits per heavy atom. The molecule has 9 nitrogen and oxygen atoms in total. The number of hydrogen-bond acceptors (Lipinski definition) is 8. The number of halogens is 1. The largest absolute Gasteiger partial charge is 0.468 e. The maximum absolute atomic E-state index is 13.3. The van der Waals surface area contributed by atoms with E-state index in [-0.39, 0.29) is 29.2 Å². The van der Waals surface area contributed by atoms with Gasteiger partial charge in [0.1, 0.15) is 12.4 Å². The van der Waals surface area contributed by atoms with E-state index >= 15 is 0 Å². The first kappa shape index (κ1) is 29.9. The van der Waals surface area contributed by atoms with Gasteiger partial charge in [-0.25, -0.2) is 4.99 Å². The lowest BCUT2D eigenvalue weighted by Crippen LogP contribution is -2.36. The molecular formula is C27H39ClN4O5Si. The topological polar surface area (TPSA) is 115 Å². The molecule has 0 saturated carbocycles. The van der Waals surface area contributed by atoms with Crippen molar-refractivity contribution in [2.75, 3.05) is 40.1 Å². The fourth-order valence-corrected chi connectivity index (χ4v) is 5.17. The molecule has 1 amide bonds. The number of benzene rings is 1. The van der Waals surface area contributed by atoms with Crippen LogP contribution in [0.5, 0.6) is 0 Å². The number of rotatable bonds is 12. The van der Waals surface area contributed by atoms with Gasteiger partial charge in [-0.15, -0.1) is 0 Å². The SMILES string of the molecule is C=C(N=C/C(Cl)=C(\N)c1ccc2c(c1)C(=O)N(CC(=O)OC)C2COCC[Si](C)(C)C)NC1CCOCC1. The second-order valence-corrected chi connectivity index (χ2v) is 16.7. The van der Waals surface area contributed by atoms with Crippen molar-refractivity contribution in [1.82, 2.24) is 10.2 Å². The Kier molecular flexibility index (Phi) is 10.5. The summed E-state index contributed by atoms with van der Waals surface area (Å²) in [4.78, 5) is 31.2. The summed E-state index contributed by atoms with van der Waals surface area (Å²) in [5, 5.41) is 3.48. The zero-order chi connectivity index (χ0) is 27.9. The molecule has 208 valence electrons. The fourth-order valence-electron chi connectivity index (χ4n) is 4.26. The van der Waals surface area contributed by atoms with Crippen LogP contribution in [0.4, 0.5) is 0 Å². The molecule has 1 unspecified atom stereocenters. The van der Waals surface area contributed by atoms with Crippen molar-refractivity contribution in [3.8, 4) is 0 Å². The lowest BCUT2D eigenvalue weighted by atomic mass is 10.0. The second-order valence-electron chi connectivity index (χ2n) is 10.7. The summed E-state index contributed by atoms with van der Waals surface area (Å²) in [5.74, 6) is -0.285. The number of allylic oxidation sites excluding steroid dienone is 1. The van der Waals surface area contributed by atoms with Crippen molar-refractivity contribution < 1.29 is 23.8 Å². The van der Waals surface area contributed by atoms with Gasteiger partial charge >= 0.3 is 5.97 Å². The monoisotopic (exact) mass is 562 g/mol. The molecule has 2 aliphatic heterocycles. The lowest BCUT2D eigenvalue weighted by molar-refractivity contribution is -0.142. The molecule has 11 heteroatoms. The average molecular weight is 563 g/mol. The van der Waals surface area contributed by atoms with E-state index in [0.29, 0.717) is 43.4 Å². The quantitative estimate of drug-likeness (QED) is 0.172. The van der Waals surface area contributed by atoms with Crippen molar-refractivity contribution in [3.63, 3.8) is 0 Å². The molecular weight excluding hydrogens is 524 g/mol. The Hall–Kier alpha value is -2.66. The highest BCUT2D eigenvalue weighted by atomic mass is 35.5. The van der Waals surface area contributed by atoms with Gasteiger partial charge in [0, 0.05) is 45.7 Å². The highest BCUT2D eigenvalue weighted by molar-refractivity contribution is 6.76. The Morgan fingerprint density at radius 2 is 2.05 bits per heavy atom. The van der Waals surface area contributed by atoms with E-state index in [4.69, 9.17) is 31.5 Å². The van der Waals surface area contributed by atoms with E-state index in [1.807, 2.05) is 12.1 Å². The smallest absolute Gasteiger partial charge is 0.325 e. The van der Waals surface area contributed by atoms with Crippen LogP contribution in [0.15, 0.2) is 40.6 Å². The molecule has 1 aromatic carbocycles. The Morgan fingerprint density at radius 1 is 1.34 bits per heavy atom. The molecule has 1 aromatic rings. The van der Waals surface area contributed by atoms with Crippen molar-refractivity contribution in [2.24, 2.45) is 10.7 Å². The minimum atomic E-state index is -1.26. The molecule has 3 rings (SSSR count). The number of hydrogen-bond donors (Lipinski definition) is 2. The number of carbonyl (C=O) groups excluding carboxylic acids is 2. The number of amides is 1. The maximum atomic E-state index is 13.3. The first-order chi connectivity index (χ1) is 18.0. The lowest BCUT2D eigenvalue weighted by Gasteiger charge is -2.25. The number of methoxy groups -OCH3 is 1. The summed E-state index contributed by atoms with van der Waals surface area (Å²) in [6, 6.07) is 6.22. The molecule has 0 aliphatic carbocycles. The van der Waals surface area contributed by atoms with Gasteiger partial charge in [0.2, 0.25) is 0 Å². The van der Waals surface area contributed by atoms with E-state index in [0.717, 1.165) is 24.4 Å². The number of nitrogens with two attached hydrogens (primary N) is 1. The summed E-state index contributed by atoms with van der Waals surface area (Å²) < 4.78 is 16.1. The molecule has 0 aromatic heterocycles. The van der Waals surface area contributed by atoms with Crippen molar-refractivity contribution in [1.29, 1.82) is 0 Å². The van der Waals surface area contributed by atoms with Gasteiger partial charge < -0.3 is 30.2 Å². The van der Waals surface area contributed by atoms with Crippen LogP contribution >= 0.6 is 11.6 Å². The average Bonchev–Trinajstić information content (AvgIpc) is 3.14. The molecule has 38 heavy (non-hydrogen) atoms. The Labute approximate surface area is 231 Å². The van der Waals surface area contributed by atoms with Crippen LogP contribution in [-0.4, -0.2) is 77.2 Å². The summed E-state index contributed by atoms with van der Waals surface area (Å²) in [6.45, 7) is 12.9. The van der Waals surface area contributed by atoms with Gasteiger partial charge in [0.15, 0.2) is 0 Å². The Bertz CT molecular complexity index is 1100. The molecule has 0 bridgehead atoms. The van der Waals surface area contributed by atoms with E-state index in [1.54, 1.807) is 6.07 Å². The molecule has 0 radical (unpaired) electrons. The Balaban J connectivity index is 1.76. The minimum absolute atomic E-state index is 0.164. The number of ether oxygens (including phenoxy) is 3. The highest BCUT2D eigenvalue weighted by Gasteiger charge is 2.38. The predicted octanol–water partition coefficient (Wildman–Crippen LogP) is 3.89. The van der Waals surface area contributed by atoms with Crippen LogP contribution in [0.1, 0.15) is 40.4 Å². The summed E-state index contributed by atoms with van der Waals surface area (Å²) in [6.07, 6.45) is 3.22. The normalized spacial score (nSPS) is 18.9. The van der Waals surface area contributed by atoms with E-state index in [1.165, 1.54) is 18.2 Å². The van der Waals surface area contributed by atoms with Crippen LogP contribution in [0.3, 0.4) is 0 Å². The van der Waals surface area contributed by atoms with Crippen LogP contribution in [0.25, 0.3) is 5.70 Å². The van der Waals surface area contributed by atoms with Crippen LogP contribution in [0.2, 0.25) is 25.7 Å². The van der Waals surface area contributed by atoms with Crippen molar-refractivity contribution >= 4 is 43.5 Å². The van der Waals surface area contributed by atoms with Gasteiger partial charge in [0.05, 0.1) is 30.5 Å². The van der Waals surface area contributed by atoms with Crippen LogP contribution < -0.4 is 11.1 Å². The zero-order valence-electron chi connectivity index (χ0n) is 22.7.